The molecule has 1 aliphatic carbocycles. The fourth-order valence-electron chi connectivity index (χ4n) is 3.33. The largest absolute Gasteiger partial charge is 0.464 e. The number of oxime groups is 1. The number of ether oxygens (including phenoxy) is 1. The topological polar surface area (TPSA) is 47.9 Å². The van der Waals surface area contributed by atoms with Crippen LogP contribution in [0.5, 0.6) is 0 Å². The maximum absolute atomic E-state index is 12.7. The van der Waals surface area contributed by atoms with Crippen molar-refractivity contribution < 1.29 is 14.4 Å². The number of aryl methyl sites for hydroxylation is 1. The van der Waals surface area contributed by atoms with Gasteiger partial charge in [0.1, 0.15) is 12.9 Å². The first-order valence-corrected chi connectivity index (χ1v) is 8.46. The van der Waals surface area contributed by atoms with E-state index in [1.165, 1.54) is 12.7 Å². The number of Topliss-reactive ketones (excluding diaryl/α,β-unsaturated/α-hetero) is 1. The van der Waals surface area contributed by atoms with Gasteiger partial charge >= 0.3 is 0 Å². The van der Waals surface area contributed by atoms with E-state index in [2.05, 4.69) is 31.1 Å². The van der Waals surface area contributed by atoms with Crippen LogP contribution in [0.2, 0.25) is 0 Å². The molecule has 0 saturated carbocycles. The van der Waals surface area contributed by atoms with Gasteiger partial charge < -0.3 is 9.57 Å². The monoisotopic (exact) mass is 337 g/mol. The molecule has 0 spiro atoms. The third-order valence-electron chi connectivity index (χ3n) is 4.59. The molecule has 2 aliphatic rings. The van der Waals surface area contributed by atoms with Crippen LogP contribution in [0.3, 0.4) is 0 Å². The summed E-state index contributed by atoms with van der Waals surface area (Å²) in [6, 6.07) is 4.14. The summed E-state index contributed by atoms with van der Waals surface area (Å²) in [4.78, 5) is 17.6. The zero-order valence-electron chi connectivity index (χ0n) is 15.4. The van der Waals surface area contributed by atoms with Crippen LogP contribution in [0.25, 0.3) is 11.3 Å². The molecule has 0 aromatic heterocycles. The lowest BCUT2D eigenvalue weighted by Gasteiger charge is -2.29. The van der Waals surface area contributed by atoms with Gasteiger partial charge in [0.05, 0.1) is 6.26 Å². The predicted molar refractivity (Wildman–Crippen MR) is 100 cm³/mol. The van der Waals surface area contributed by atoms with Crippen molar-refractivity contribution in [3.8, 4) is 0 Å². The molecule has 0 atom stereocenters. The highest BCUT2D eigenvalue weighted by Gasteiger charge is 2.35. The van der Waals surface area contributed by atoms with Gasteiger partial charge in [-0.05, 0) is 57.2 Å². The molecule has 0 radical (unpaired) electrons. The molecule has 25 heavy (non-hydrogen) atoms. The molecule has 4 heteroatoms. The lowest BCUT2D eigenvalue weighted by molar-refractivity contribution is -0.109. The number of carbonyl (C=O) groups excluding carboxylic acids is 1. The third kappa shape index (κ3) is 2.93. The van der Waals surface area contributed by atoms with Gasteiger partial charge in [-0.1, -0.05) is 28.9 Å². The molecule has 0 fully saturated rings. The van der Waals surface area contributed by atoms with Crippen molar-refractivity contribution in [3.63, 3.8) is 0 Å². The van der Waals surface area contributed by atoms with E-state index in [0.29, 0.717) is 17.0 Å². The molecule has 130 valence electrons. The van der Waals surface area contributed by atoms with E-state index >= 15 is 0 Å². The van der Waals surface area contributed by atoms with Crippen molar-refractivity contribution in [1.82, 2.24) is 0 Å². The minimum absolute atomic E-state index is 0.147. The Bertz CT molecular complexity index is 865. The molecule has 0 saturated heterocycles. The van der Waals surface area contributed by atoms with Crippen molar-refractivity contribution in [3.05, 3.63) is 57.9 Å². The highest BCUT2D eigenvalue weighted by atomic mass is 16.6. The Kier molecular flexibility index (Phi) is 4.62. The van der Waals surface area contributed by atoms with Crippen LogP contribution in [0.1, 0.15) is 55.9 Å². The highest BCUT2D eigenvalue weighted by Crippen LogP contribution is 2.42. The molecule has 0 unspecified atom stereocenters. The number of benzene rings is 1. The highest BCUT2D eigenvalue weighted by molar-refractivity contribution is 6.54. The van der Waals surface area contributed by atoms with Crippen molar-refractivity contribution in [1.29, 1.82) is 0 Å². The SMILES string of the molecule is CO/N=C1\C(=O)C(C)=C2OC=C(CCC=C(C)C)c3ccc(C)c1c32. The van der Waals surface area contributed by atoms with Crippen molar-refractivity contribution in [2.24, 2.45) is 5.16 Å². The lowest BCUT2D eigenvalue weighted by atomic mass is 9.80. The standard InChI is InChI=1S/C21H23NO3/c1-12(2)7-6-8-15-11-25-21-14(4)20(23)19(22-24-5)17-13(3)9-10-16(15)18(17)21/h7,9-11H,6,8H2,1-5H3/b22-19-. The van der Waals surface area contributed by atoms with Gasteiger partial charge in [0.15, 0.2) is 5.71 Å². The van der Waals surface area contributed by atoms with E-state index in [1.807, 2.05) is 13.0 Å². The van der Waals surface area contributed by atoms with Gasteiger partial charge in [-0.15, -0.1) is 0 Å². The van der Waals surface area contributed by atoms with Crippen LogP contribution >= 0.6 is 0 Å². The van der Waals surface area contributed by atoms with Crippen molar-refractivity contribution in [2.75, 3.05) is 7.11 Å². The Balaban J connectivity index is 2.17. The summed E-state index contributed by atoms with van der Waals surface area (Å²) < 4.78 is 5.90. The van der Waals surface area contributed by atoms with Gasteiger partial charge in [-0.2, -0.15) is 0 Å². The van der Waals surface area contributed by atoms with E-state index in [9.17, 15) is 4.79 Å². The van der Waals surface area contributed by atoms with Crippen LogP contribution in [-0.4, -0.2) is 18.6 Å². The minimum Gasteiger partial charge on any atom is -0.464 e. The second kappa shape index (κ2) is 6.71. The first-order chi connectivity index (χ1) is 12.0. The summed E-state index contributed by atoms with van der Waals surface area (Å²) in [5, 5.41) is 4.01. The maximum Gasteiger partial charge on any atom is 0.214 e. The quantitative estimate of drug-likeness (QED) is 0.587. The first kappa shape index (κ1) is 17.2. The minimum atomic E-state index is -0.147. The van der Waals surface area contributed by atoms with Crippen LogP contribution in [0.15, 0.2) is 40.8 Å². The average molecular weight is 337 g/mol. The van der Waals surface area contributed by atoms with E-state index in [4.69, 9.17) is 9.57 Å². The average Bonchev–Trinajstić information content (AvgIpc) is 2.57. The summed E-state index contributed by atoms with van der Waals surface area (Å²) >= 11 is 0. The van der Waals surface area contributed by atoms with E-state index < -0.39 is 0 Å². The smallest absolute Gasteiger partial charge is 0.214 e. The number of nitrogens with zero attached hydrogens (tertiary/aromatic N) is 1. The molecular weight excluding hydrogens is 314 g/mol. The second-order valence-corrected chi connectivity index (χ2v) is 6.67. The molecular formula is C21H23NO3. The van der Waals surface area contributed by atoms with E-state index in [-0.39, 0.29) is 5.78 Å². The summed E-state index contributed by atoms with van der Waals surface area (Å²) in [6.45, 7) is 7.96. The molecule has 1 heterocycles. The Morgan fingerprint density at radius 2 is 2.00 bits per heavy atom. The maximum atomic E-state index is 12.7. The number of ketones is 1. The van der Waals surface area contributed by atoms with Gasteiger partial charge in [0.2, 0.25) is 5.78 Å². The molecule has 0 N–H and O–H groups in total. The second-order valence-electron chi connectivity index (χ2n) is 6.67. The van der Waals surface area contributed by atoms with Crippen molar-refractivity contribution in [2.45, 2.75) is 40.5 Å². The summed E-state index contributed by atoms with van der Waals surface area (Å²) in [7, 11) is 1.46. The summed E-state index contributed by atoms with van der Waals surface area (Å²) in [5.74, 6) is 0.491. The lowest BCUT2D eigenvalue weighted by Crippen LogP contribution is -2.27. The third-order valence-corrected chi connectivity index (χ3v) is 4.59. The Morgan fingerprint density at radius 3 is 2.68 bits per heavy atom. The predicted octanol–water partition coefficient (Wildman–Crippen LogP) is 4.78. The van der Waals surface area contributed by atoms with Crippen molar-refractivity contribution >= 4 is 22.8 Å². The first-order valence-electron chi connectivity index (χ1n) is 8.46. The fourth-order valence-corrected chi connectivity index (χ4v) is 3.33. The number of carbonyl (C=O) groups is 1. The van der Waals surface area contributed by atoms with Gasteiger partial charge in [0, 0.05) is 16.7 Å². The van der Waals surface area contributed by atoms with E-state index in [0.717, 1.165) is 40.7 Å². The van der Waals surface area contributed by atoms with Crippen LogP contribution in [0, 0.1) is 6.92 Å². The van der Waals surface area contributed by atoms with Gasteiger partial charge in [-0.25, -0.2) is 0 Å². The molecule has 4 nitrogen and oxygen atoms in total. The normalized spacial score (nSPS) is 17.1. The number of hydrogen-bond donors (Lipinski definition) is 0. The van der Waals surface area contributed by atoms with Crippen LogP contribution < -0.4 is 0 Å². The Labute approximate surface area is 148 Å². The molecule has 1 aromatic rings. The van der Waals surface area contributed by atoms with Crippen LogP contribution in [-0.2, 0) is 14.4 Å². The molecule has 0 bridgehead atoms. The van der Waals surface area contributed by atoms with Gasteiger partial charge in [-0.3, -0.25) is 4.79 Å². The molecule has 0 amide bonds. The zero-order valence-corrected chi connectivity index (χ0v) is 15.4. The Morgan fingerprint density at radius 1 is 1.24 bits per heavy atom. The Hall–Kier alpha value is -2.62. The van der Waals surface area contributed by atoms with Gasteiger partial charge in [0.25, 0.3) is 0 Å². The number of hydrogen-bond acceptors (Lipinski definition) is 4. The fraction of sp³-hybridized carbons (Fsp3) is 0.333. The summed E-state index contributed by atoms with van der Waals surface area (Å²) in [5.41, 5.74) is 7.24. The molecule has 1 aliphatic heterocycles. The molecule has 3 rings (SSSR count). The number of rotatable bonds is 4. The zero-order chi connectivity index (χ0) is 18.1. The summed E-state index contributed by atoms with van der Waals surface area (Å²) in [6.07, 6.45) is 5.85. The van der Waals surface area contributed by atoms with E-state index in [1.54, 1.807) is 13.2 Å². The number of allylic oxidation sites excluding steroid dienone is 4. The van der Waals surface area contributed by atoms with Crippen LogP contribution in [0.4, 0.5) is 0 Å². The molecule has 1 aromatic carbocycles.